The molecule has 0 aliphatic rings. The van der Waals surface area contributed by atoms with Crippen molar-refractivity contribution in [2.45, 2.75) is 19.5 Å². The molecule has 3 heterocycles. The number of nitrogens with one attached hydrogen (secondary N) is 1. The van der Waals surface area contributed by atoms with Crippen LogP contribution in [0.25, 0.3) is 5.69 Å². The van der Waals surface area contributed by atoms with Crippen LogP contribution in [0.1, 0.15) is 18.7 Å². The third-order valence-electron chi connectivity index (χ3n) is 3.20. The number of hydrogen-bond acceptors (Lipinski definition) is 5. The molecule has 8 heteroatoms. The summed E-state index contributed by atoms with van der Waals surface area (Å²) < 4.78 is 3.22. The van der Waals surface area contributed by atoms with Gasteiger partial charge in [0.15, 0.2) is 0 Å². The van der Waals surface area contributed by atoms with E-state index >= 15 is 0 Å². The smallest absolute Gasteiger partial charge is 0.244 e. The van der Waals surface area contributed by atoms with Crippen molar-refractivity contribution in [1.82, 2.24) is 35.1 Å². The monoisotopic (exact) mass is 297 g/mol. The van der Waals surface area contributed by atoms with E-state index in [4.69, 9.17) is 0 Å². The maximum Gasteiger partial charge on any atom is 0.244 e. The van der Waals surface area contributed by atoms with Crippen LogP contribution in [0, 0.1) is 0 Å². The third kappa shape index (κ3) is 3.00. The number of rotatable bonds is 5. The number of aromatic nitrogens is 6. The number of amides is 1. The molecule has 3 aromatic heterocycles. The lowest BCUT2D eigenvalue weighted by Gasteiger charge is -2.11. The number of carbonyl (C=O) groups excluding carboxylic acids is 1. The molecule has 0 aliphatic heterocycles. The first-order valence-electron chi connectivity index (χ1n) is 6.82. The lowest BCUT2D eigenvalue weighted by molar-refractivity contribution is -0.124. The van der Waals surface area contributed by atoms with Crippen molar-refractivity contribution in [1.29, 1.82) is 0 Å². The van der Waals surface area contributed by atoms with Crippen LogP contribution < -0.4 is 5.32 Å². The molecule has 0 spiro atoms. The van der Waals surface area contributed by atoms with E-state index in [-0.39, 0.29) is 11.9 Å². The minimum atomic E-state index is -0.372. The van der Waals surface area contributed by atoms with Gasteiger partial charge in [0.1, 0.15) is 11.7 Å². The molecule has 0 aromatic carbocycles. The van der Waals surface area contributed by atoms with Crippen LogP contribution in [0.2, 0.25) is 0 Å². The zero-order valence-corrected chi connectivity index (χ0v) is 12.0. The van der Waals surface area contributed by atoms with Crippen LogP contribution >= 0.6 is 0 Å². The van der Waals surface area contributed by atoms with Gasteiger partial charge in [0, 0.05) is 18.6 Å². The first kappa shape index (κ1) is 13.9. The highest BCUT2D eigenvalue weighted by Gasteiger charge is 2.15. The summed E-state index contributed by atoms with van der Waals surface area (Å²) in [5.74, 6) is -0.125. The highest BCUT2D eigenvalue weighted by atomic mass is 16.2. The van der Waals surface area contributed by atoms with Crippen LogP contribution in [0.5, 0.6) is 0 Å². The molecule has 1 N–H and O–H groups in total. The van der Waals surface area contributed by atoms with Gasteiger partial charge in [-0.25, -0.2) is 4.68 Å². The van der Waals surface area contributed by atoms with E-state index in [0.717, 1.165) is 5.69 Å². The standard InChI is InChI=1S/C14H15N7O/c1-11(20-7-3-6-17-20)14(22)16-8-12-10-21(19-18-12)13-4-2-5-15-9-13/h2-7,9-11H,8H2,1H3,(H,16,22). The molecule has 0 bridgehead atoms. The van der Waals surface area contributed by atoms with Gasteiger partial charge in [-0.1, -0.05) is 5.21 Å². The summed E-state index contributed by atoms with van der Waals surface area (Å²) in [6, 6.07) is 5.11. The van der Waals surface area contributed by atoms with Gasteiger partial charge in [-0.05, 0) is 25.1 Å². The van der Waals surface area contributed by atoms with Crippen LogP contribution in [0.4, 0.5) is 0 Å². The van der Waals surface area contributed by atoms with Crippen molar-refractivity contribution in [3.8, 4) is 5.69 Å². The molecule has 1 amide bonds. The van der Waals surface area contributed by atoms with Crippen molar-refractivity contribution in [2.24, 2.45) is 0 Å². The molecule has 0 saturated carbocycles. The second kappa shape index (κ2) is 6.17. The summed E-state index contributed by atoms with van der Waals surface area (Å²) in [6.07, 6.45) is 8.54. The predicted octanol–water partition coefficient (Wildman–Crippen LogP) is 0.736. The minimum Gasteiger partial charge on any atom is -0.348 e. The largest absolute Gasteiger partial charge is 0.348 e. The minimum absolute atomic E-state index is 0.125. The Bertz CT molecular complexity index is 736. The SMILES string of the molecule is CC(C(=O)NCc1cn(-c2cccnc2)nn1)n1cccn1. The lowest BCUT2D eigenvalue weighted by Crippen LogP contribution is -2.30. The van der Waals surface area contributed by atoms with E-state index in [1.165, 1.54) is 0 Å². The fraction of sp³-hybridized carbons (Fsp3) is 0.214. The van der Waals surface area contributed by atoms with Gasteiger partial charge in [0.25, 0.3) is 0 Å². The maximum atomic E-state index is 12.1. The molecule has 112 valence electrons. The molecule has 0 fully saturated rings. The Balaban J connectivity index is 1.60. The molecular formula is C14H15N7O. The summed E-state index contributed by atoms with van der Waals surface area (Å²) in [4.78, 5) is 16.1. The molecule has 0 saturated heterocycles. The van der Waals surface area contributed by atoms with E-state index in [1.807, 2.05) is 12.1 Å². The Labute approximate surface area is 126 Å². The first-order valence-corrected chi connectivity index (χ1v) is 6.82. The zero-order chi connectivity index (χ0) is 15.4. The lowest BCUT2D eigenvalue weighted by atomic mass is 10.3. The van der Waals surface area contributed by atoms with Crippen LogP contribution in [-0.2, 0) is 11.3 Å². The highest BCUT2D eigenvalue weighted by Crippen LogP contribution is 2.06. The summed E-state index contributed by atoms with van der Waals surface area (Å²) in [5, 5.41) is 14.9. The van der Waals surface area contributed by atoms with Gasteiger partial charge in [-0.3, -0.25) is 14.5 Å². The van der Waals surface area contributed by atoms with Gasteiger partial charge in [-0.15, -0.1) is 5.10 Å². The molecule has 0 radical (unpaired) electrons. The van der Waals surface area contributed by atoms with Gasteiger partial charge < -0.3 is 5.32 Å². The van der Waals surface area contributed by atoms with Crippen LogP contribution in [0.15, 0.2) is 49.2 Å². The number of carbonyl (C=O) groups is 1. The van der Waals surface area contributed by atoms with Crippen molar-refractivity contribution < 1.29 is 4.79 Å². The number of hydrogen-bond donors (Lipinski definition) is 1. The zero-order valence-electron chi connectivity index (χ0n) is 12.0. The van der Waals surface area contributed by atoms with E-state index in [1.54, 1.807) is 53.3 Å². The molecule has 1 atom stereocenters. The average Bonchev–Trinajstić information content (AvgIpc) is 3.24. The third-order valence-corrected chi connectivity index (χ3v) is 3.20. The fourth-order valence-corrected chi connectivity index (χ4v) is 1.95. The summed E-state index contributed by atoms with van der Waals surface area (Å²) >= 11 is 0. The average molecular weight is 297 g/mol. The van der Waals surface area contributed by atoms with Crippen LogP contribution in [-0.4, -0.2) is 35.7 Å². The number of pyridine rings is 1. The maximum absolute atomic E-state index is 12.1. The van der Waals surface area contributed by atoms with Gasteiger partial charge in [0.2, 0.25) is 5.91 Å². The summed E-state index contributed by atoms with van der Waals surface area (Å²) in [5.41, 5.74) is 1.49. The topological polar surface area (TPSA) is 90.5 Å². The Morgan fingerprint density at radius 3 is 3.00 bits per heavy atom. The predicted molar refractivity (Wildman–Crippen MR) is 77.9 cm³/mol. The molecule has 0 aliphatic carbocycles. The molecule has 1 unspecified atom stereocenters. The van der Waals surface area contributed by atoms with Gasteiger partial charge >= 0.3 is 0 Å². The van der Waals surface area contributed by atoms with Gasteiger partial charge in [-0.2, -0.15) is 5.10 Å². The van der Waals surface area contributed by atoms with Crippen molar-refractivity contribution in [3.63, 3.8) is 0 Å². The molecular weight excluding hydrogens is 282 g/mol. The van der Waals surface area contributed by atoms with E-state index < -0.39 is 0 Å². The Hall–Kier alpha value is -3.03. The second-order valence-electron chi connectivity index (χ2n) is 4.75. The van der Waals surface area contributed by atoms with Crippen molar-refractivity contribution in [3.05, 3.63) is 54.9 Å². The molecule has 22 heavy (non-hydrogen) atoms. The van der Waals surface area contributed by atoms with Crippen LogP contribution in [0.3, 0.4) is 0 Å². The normalized spacial score (nSPS) is 12.0. The molecule has 3 rings (SSSR count). The number of nitrogens with zero attached hydrogens (tertiary/aromatic N) is 6. The van der Waals surface area contributed by atoms with Gasteiger partial charge in [0.05, 0.1) is 24.6 Å². The summed E-state index contributed by atoms with van der Waals surface area (Å²) in [7, 11) is 0. The Kier molecular flexibility index (Phi) is 3.90. The molecule has 8 nitrogen and oxygen atoms in total. The van der Waals surface area contributed by atoms with E-state index in [9.17, 15) is 4.79 Å². The fourth-order valence-electron chi connectivity index (χ4n) is 1.95. The van der Waals surface area contributed by atoms with Crippen molar-refractivity contribution >= 4 is 5.91 Å². The second-order valence-corrected chi connectivity index (χ2v) is 4.75. The quantitative estimate of drug-likeness (QED) is 0.750. The van der Waals surface area contributed by atoms with E-state index in [2.05, 4.69) is 25.7 Å². The highest BCUT2D eigenvalue weighted by molar-refractivity contribution is 5.79. The molecule has 3 aromatic rings. The van der Waals surface area contributed by atoms with Crippen molar-refractivity contribution in [2.75, 3.05) is 0 Å². The van der Waals surface area contributed by atoms with E-state index in [0.29, 0.717) is 12.2 Å². The Morgan fingerprint density at radius 1 is 1.36 bits per heavy atom. The Morgan fingerprint density at radius 2 is 2.27 bits per heavy atom. The first-order chi connectivity index (χ1) is 10.7. The summed E-state index contributed by atoms with van der Waals surface area (Å²) in [6.45, 7) is 2.10.